The van der Waals surface area contributed by atoms with E-state index >= 15 is 0 Å². The zero-order chi connectivity index (χ0) is 17.9. The van der Waals surface area contributed by atoms with Crippen molar-refractivity contribution in [1.29, 1.82) is 0 Å². The Morgan fingerprint density at radius 2 is 1.92 bits per heavy atom. The Morgan fingerprint density at radius 3 is 2.54 bits per heavy atom. The van der Waals surface area contributed by atoms with Crippen LogP contribution in [0, 0.1) is 19.8 Å². The Labute approximate surface area is 142 Å². The van der Waals surface area contributed by atoms with Crippen molar-refractivity contribution in [3.05, 3.63) is 41.1 Å². The molecule has 0 aliphatic heterocycles. The second-order valence-electron chi connectivity index (χ2n) is 6.33. The van der Waals surface area contributed by atoms with Gasteiger partial charge in [-0.3, -0.25) is 14.6 Å². The molecule has 128 valence electrons. The lowest BCUT2D eigenvalue weighted by molar-refractivity contribution is -0.128. The van der Waals surface area contributed by atoms with Gasteiger partial charge in [0.2, 0.25) is 11.8 Å². The summed E-state index contributed by atoms with van der Waals surface area (Å²) in [4.78, 5) is 28.6. The molecule has 1 aromatic carbocycles. The highest BCUT2D eigenvalue weighted by Crippen LogP contribution is 2.23. The third-order valence-corrected chi connectivity index (χ3v) is 4.66. The molecular weight excluding hydrogens is 302 g/mol. The molecule has 0 spiro atoms. The van der Waals surface area contributed by atoms with E-state index in [-0.39, 0.29) is 18.2 Å². The number of hydrogen-bond acceptors (Lipinski definition) is 3. The van der Waals surface area contributed by atoms with E-state index in [1.54, 1.807) is 0 Å². The number of fused-ring (bicyclic) bond motifs is 1. The van der Waals surface area contributed by atoms with Crippen molar-refractivity contribution < 1.29 is 9.59 Å². The van der Waals surface area contributed by atoms with Crippen molar-refractivity contribution in [2.24, 2.45) is 11.7 Å². The molecule has 0 aliphatic rings. The zero-order valence-electron chi connectivity index (χ0n) is 14.7. The highest BCUT2D eigenvalue weighted by atomic mass is 16.2. The summed E-state index contributed by atoms with van der Waals surface area (Å²) in [6.07, 6.45) is 0.958. The van der Waals surface area contributed by atoms with Crippen LogP contribution in [0.25, 0.3) is 10.9 Å². The second-order valence-corrected chi connectivity index (χ2v) is 6.33. The molecule has 2 unspecified atom stereocenters. The lowest BCUT2D eigenvalue weighted by Crippen LogP contribution is -2.48. The number of carbonyl (C=O) groups excluding carboxylic acids is 2. The quantitative estimate of drug-likeness (QED) is 0.854. The Kier molecular flexibility index (Phi) is 5.54. The summed E-state index contributed by atoms with van der Waals surface area (Å²) in [5.74, 6) is -0.700. The first kappa shape index (κ1) is 17.9. The van der Waals surface area contributed by atoms with E-state index in [1.807, 2.05) is 52.0 Å². The molecule has 1 heterocycles. The van der Waals surface area contributed by atoms with Crippen LogP contribution < -0.4 is 11.1 Å². The predicted octanol–water partition coefficient (Wildman–Crippen LogP) is 2.41. The standard InChI is InChI=1S/C19H25N3O2/c1-5-11(2)18(19(20)24)22-17(23)10-15-12(3)14-8-6-7-9-16(14)21-13(15)4/h6-9,11,18H,5,10H2,1-4H3,(H2,20,24)(H,22,23). The first-order valence-electron chi connectivity index (χ1n) is 8.28. The van der Waals surface area contributed by atoms with Crippen molar-refractivity contribution in [2.45, 2.75) is 46.6 Å². The van der Waals surface area contributed by atoms with Gasteiger partial charge in [0, 0.05) is 11.1 Å². The van der Waals surface area contributed by atoms with Gasteiger partial charge in [0.25, 0.3) is 0 Å². The number of hydrogen-bond donors (Lipinski definition) is 2. The van der Waals surface area contributed by atoms with Crippen LogP contribution in [0.5, 0.6) is 0 Å². The molecule has 5 nitrogen and oxygen atoms in total. The van der Waals surface area contributed by atoms with Gasteiger partial charge in [0.1, 0.15) is 6.04 Å². The van der Waals surface area contributed by atoms with Crippen LogP contribution in [-0.4, -0.2) is 22.8 Å². The monoisotopic (exact) mass is 327 g/mol. The van der Waals surface area contributed by atoms with Crippen molar-refractivity contribution in [3.8, 4) is 0 Å². The summed E-state index contributed by atoms with van der Waals surface area (Å²) < 4.78 is 0. The maximum absolute atomic E-state index is 12.4. The van der Waals surface area contributed by atoms with Gasteiger partial charge >= 0.3 is 0 Å². The van der Waals surface area contributed by atoms with E-state index in [9.17, 15) is 9.59 Å². The molecule has 0 saturated carbocycles. The predicted molar refractivity (Wildman–Crippen MR) is 95.5 cm³/mol. The number of amides is 2. The van der Waals surface area contributed by atoms with Crippen LogP contribution in [-0.2, 0) is 16.0 Å². The molecule has 3 N–H and O–H groups in total. The molecular formula is C19H25N3O2. The van der Waals surface area contributed by atoms with Gasteiger partial charge in [0.15, 0.2) is 0 Å². The summed E-state index contributed by atoms with van der Waals surface area (Å²) in [6, 6.07) is 7.23. The van der Waals surface area contributed by atoms with Crippen LogP contribution in [0.15, 0.2) is 24.3 Å². The number of para-hydroxylation sites is 1. The molecule has 0 aliphatic carbocycles. The number of primary amides is 1. The SMILES string of the molecule is CCC(C)C(NC(=O)Cc1c(C)nc2ccccc2c1C)C(N)=O. The van der Waals surface area contributed by atoms with Crippen LogP contribution >= 0.6 is 0 Å². The minimum absolute atomic E-state index is 0.00312. The zero-order valence-corrected chi connectivity index (χ0v) is 14.7. The summed E-state index contributed by atoms with van der Waals surface area (Å²) in [5.41, 5.74) is 9.13. The fourth-order valence-corrected chi connectivity index (χ4v) is 2.95. The Bertz CT molecular complexity index is 771. The minimum Gasteiger partial charge on any atom is -0.368 e. The highest BCUT2D eigenvalue weighted by Gasteiger charge is 2.24. The lowest BCUT2D eigenvalue weighted by atomic mass is 9.96. The van der Waals surface area contributed by atoms with Crippen molar-refractivity contribution in [1.82, 2.24) is 10.3 Å². The maximum Gasteiger partial charge on any atom is 0.240 e. The van der Waals surface area contributed by atoms with E-state index in [4.69, 9.17) is 5.73 Å². The highest BCUT2D eigenvalue weighted by molar-refractivity contribution is 5.89. The van der Waals surface area contributed by atoms with Gasteiger partial charge in [-0.15, -0.1) is 0 Å². The number of benzene rings is 1. The molecule has 0 radical (unpaired) electrons. The number of nitrogens with zero attached hydrogens (tertiary/aromatic N) is 1. The minimum atomic E-state index is -0.642. The van der Waals surface area contributed by atoms with Gasteiger partial charge in [-0.2, -0.15) is 0 Å². The summed E-state index contributed by atoms with van der Waals surface area (Å²) in [5, 5.41) is 3.82. The van der Waals surface area contributed by atoms with E-state index in [0.29, 0.717) is 0 Å². The topological polar surface area (TPSA) is 85.1 Å². The second kappa shape index (κ2) is 7.43. The number of aryl methyl sites for hydroxylation is 2. The molecule has 0 saturated heterocycles. The molecule has 2 amide bonds. The third kappa shape index (κ3) is 3.72. The maximum atomic E-state index is 12.4. The molecule has 0 fully saturated rings. The fraction of sp³-hybridized carbons (Fsp3) is 0.421. The van der Waals surface area contributed by atoms with Gasteiger partial charge < -0.3 is 11.1 Å². The van der Waals surface area contributed by atoms with Crippen molar-refractivity contribution in [2.75, 3.05) is 0 Å². The molecule has 0 bridgehead atoms. The van der Waals surface area contributed by atoms with Crippen LogP contribution in [0.2, 0.25) is 0 Å². The number of pyridine rings is 1. The van der Waals surface area contributed by atoms with Gasteiger partial charge in [-0.1, -0.05) is 38.5 Å². The molecule has 2 rings (SSSR count). The summed E-state index contributed by atoms with van der Waals surface area (Å²) >= 11 is 0. The lowest BCUT2D eigenvalue weighted by Gasteiger charge is -2.21. The van der Waals surface area contributed by atoms with Gasteiger partial charge in [0.05, 0.1) is 11.9 Å². The first-order chi connectivity index (χ1) is 11.3. The van der Waals surface area contributed by atoms with Crippen LogP contribution in [0.1, 0.15) is 37.1 Å². The Hall–Kier alpha value is -2.43. The average Bonchev–Trinajstić information content (AvgIpc) is 2.55. The first-order valence-corrected chi connectivity index (χ1v) is 8.28. The van der Waals surface area contributed by atoms with E-state index in [2.05, 4.69) is 10.3 Å². The van der Waals surface area contributed by atoms with Crippen LogP contribution in [0.4, 0.5) is 0 Å². The van der Waals surface area contributed by atoms with E-state index in [1.165, 1.54) is 0 Å². The number of rotatable bonds is 6. The third-order valence-electron chi connectivity index (χ3n) is 4.66. The molecule has 1 aromatic heterocycles. The number of carbonyl (C=O) groups is 2. The summed E-state index contributed by atoms with van der Waals surface area (Å²) in [7, 11) is 0. The van der Waals surface area contributed by atoms with E-state index < -0.39 is 11.9 Å². The van der Waals surface area contributed by atoms with Gasteiger partial charge in [-0.05, 0) is 37.0 Å². The Morgan fingerprint density at radius 1 is 1.25 bits per heavy atom. The largest absolute Gasteiger partial charge is 0.368 e. The van der Waals surface area contributed by atoms with Crippen molar-refractivity contribution in [3.63, 3.8) is 0 Å². The molecule has 24 heavy (non-hydrogen) atoms. The van der Waals surface area contributed by atoms with Crippen LogP contribution in [0.3, 0.4) is 0 Å². The van der Waals surface area contributed by atoms with Gasteiger partial charge in [-0.25, -0.2) is 0 Å². The summed E-state index contributed by atoms with van der Waals surface area (Å²) in [6.45, 7) is 7.78. The Balaban J connectivity index is 2.26. The fourth-order valence-electron chi connectivity index (χ4n) is 2.95. The normalized spacial score (nSPS) is 13.5. The molecule has 5 heteroatoms. The number of nitrogens with two attached hydrogens (primary N) is 1. The number of aromatic nitrogens is 1. The molecule has 2 atom stereocenters. The van der Waals surface area contributed by atoms with Crippen molar-refractivity contribution >= 4 is 22.7 Å². The molecule has 2 aromatic rings. The number of nitrogens with one attached hydrogen (secondary N) is 1. The van der Waals surface area contributed by atoms with E-state index in [0.717, 1.165) is 34.1 Å². The average molecular weight is 327 g/mol. The smallest absolute Gasteiger partial charge is 0.240 e.